The van der Waals surface area contributed by atoms with Gasteiger partial charge in [-0.3, -0.25) is 4.79 Å². The van der Waals surface area contributed by atoms with E-state index in [4.69, 9.17) is 11.6 Å². The lowest BCUT2D eigenvalue weighted by atomic mass is 10.2. The van der Waals surface area contributed by atoms with E-state index < -0.39 is 10.9 Å². The fourth-order valence-electron chi connectivity index (χ4n) is 1.14. The molecular weight excluding hydrogens is 236 g/mol. The number of pyridine rings is 1. The highest BCUT2D eigenvalue weighted by molar-refractivity contribution is 6.30. The van der Waals surface area contributed by atoms with Gasteiger partial charge in [0.1, 0.15) is 0 Å². The van der Waals surface area contributed by atoms with Crippen molar-refractivity contribution in [2.45, 2.75) is 13.3 Å². The van der Waals surface area contributed by atoms with Crippen molar-refractivity contribution < 1.29 is 14.5 Å². The van der Waals surface area contributed by atoms with Crippen LogP contribution in [0.2, 0.25) is 5.02 Å². The number of aromatic nitrogens is 1. The molecule has 7 heteroatoms. The Bertz CT molecular complexity index is 422. The van der Waals surface area contributed by atoms with Crippen LogP contribution in [0.3, 0.4) is 0 Å². The number of nitro groups is 1. The van der Waals surface area contributed by atoms with Gasteiger partial charge in [0.05, 0.1) is 23.6 Å². The van der Waals surface area contributed by atoms with Gasteiger partial charge >= 0.3 is 11.8 Å². The summed E-state index contributed by atoms with van der Waals surface area (Å²) in [5.74, 6) is -0.924. The summed E-state index contributed by atoms with van der Waals surface area (Å²) in [5.41, 5.74) is 0.149. The molecule has 0 aliphatic rings. The maximum Gasteiger partial charge on any atom is 0.367 e. The van der Waals surface area contributed by atoms with Gasteiger partial charge in [-0.2, -0.15) is 0 Å². The molecular formula is C9H9ClN2O4. The standard InChI is InChI=1S/C9H9ClN2O4/c1-2-16-8(13)4-6-3-7(10)5-11-9(6)12(14)15/h3,5H,2,4H2,1H3. The molecule has 1 heterocycles. The second-order valence-corrected chi connectivity index (χ2v) is 3.31. The monoisotopic (exact) mass is 244 g/mol. The summed E-state index contributed by atoms with van der Waals surface area (Å²) in [6.07, 6.45) is 0.950. The van der Waals surface area contributed by atoms with Gasteiger partial charge in [-0.25, -0.2) is 0 Å². The molecule has 0 fully saturated rings. The first-order valence-electron chi connectivity index (χ1n) is 4.49. The first kappa shape index (κ1) is 12.4. The molecule has 0 N–H and O–H groups in total. The van der Waals surface area contributed by atoms with Gasteiger partial charge in [0.15, 0.2) is 6.20 Å². The lowest BCUT2D eigenvalue weighted by Gasteiger charge is -2.02. The third kappa shape index (κ3) is 3.16. The summed E-state index contributed by atoms with van der Waals surface area (Å²) in [6.45, 7) is 1.88. The number of hydrogen-bond acceptors (Lipinski definition) is 5. The highest BCUT2D eigenvalue weighted by atomic mass is 35.5. The van der Waals surface area contributed by atoms with Crippen molar-refractivity contribution >= 4 is 23.4 Å². The first-order valence-corrected chi connectivity index (χ1v) is 4.86. The summed E-state index contributed by atoms with van der Waals surface area (Å²) >= 11 is 5.64. The van der Waals surface area contributed by atoms with Crippen molar-refractivity contribution in [2.24, 2.45) is 0 Å². The normalized spacial score (nSPS) is 9.88. The molecule has 1 aromatic rings. The largest absolute Gasteiger partial charge is 0.466 e. The van der Waals surface area contributed by atoms with Crippen molar-refractivity contribution in [3.63, 3.8) is 0 Å². The fraction of sp³-hybridized carbons (Fsp3) is 0.333. The Labute approximate surface area is 96.3 Å². The Kier molecular flexibility index (Phi) is 4.19. The number of carbonyl (C=O) groups excluding carboxylic acids is 1. The third-order valence-corrected chi connectivity index (χ3v) is 1.93. The Morgan fingerprint density at radius 1 is 1.69 bits per heavy atom. The number of esters is 1. The summed E-state index contributed by atoms with van der Waals surface area (Å²) in [4.78, 5) is 24.7. The van der Waals surface area contributed by atoms with E-state index >= 15 is 0 Å². The average Bonchev–Trinajstić information content (AvgIpc) is 2.17. The maximum atomic E-state index is 11.2. The summed E-state index contributed by atoms with van der Waals surface area (Å²) in [6, 6.07) is 1.34. The Morgan fingerprint density at radius 2 is 2.38 bits per heavy atom. The van der Waals surface area contributed by atoms with E-state index in [1.807, 2.05) is 0 Å². The molecule has 0 aromatic carbocycles. The van der Waals surface area contributed by atoms with Gasteiger partial charge in [0.2, 0.25) is 0 Å². The number of carbonyl (C=O) groups is 1. The van der Waals surface area contributed by atoms with Crippen LogP contribution in [-0.2, 0) is 16.0 Å². The van der Waals surface area contributed by atoms with Crippen LogP contribution in [0, 0.1) is 10.1 Å². The van der Waals surface area contributed by atoms with E-state index in [-0.39, 0.29) is 29.4 Å². The summed E-state index contributed by atoms with van der Waals surface area (Å²) in [5, 5.41) is 10.9. The van der Waals surface area contributed by atoms with Gasteiger partial charge in [0.25, 0.3) is 0 Å². The zero-order valence-electron chi connectivity index (χ0n) is 8.47. The van der Waals surface area contributed by atoms with E-state index in [1.165, 1.54) is 6.07 Å². The Hall–Kier alpha value is -1.69. The van der Waals surface area contributed by atoms with Gasteiger partial charge in [0, 0.05) is 0 Å². The number of ether oxygens (including phenoxy) is 1. The number of rotatable bonds is 4. The van der Waals surface area contributed by atoms with E-state index in [0.717, 1.165) is 6.20 Å². The minimum absolute atomic E-state index is 0.149. The molecule has 0 aliphatic heterocycles. The van der Waals surface area contributed by atoms with Crippen LogP contribution >= 0.6 is 11.6 Å². The Morgan fingerprint density at radius 3 is 2.94 bits per heavy atom. The van der Waals surface area contributed by atoms with Gasteiger partial charge in [-0.05, 0) is 22.9 Å². The minimum Gasteiger partial charge on any atom is -0.466 e. The molecule has 0 spiro atoms. The number of nitrogens with zero attached hydrogens (tertiary/aromatic N) is 2. The SMILES string of the molecule is CCOC(=O)Cc1cc(Cl)cnc1[N+](=O)[O-]. The average molecular weight is 245 g/mol. The van der Waals surface area contributed by atoms with Crippen LogP contribution in [0.15, 0.2) is 12.3 Å². The van der Waals surface area contributed by atoms with Gasteiger partial charge in [-0.1, -0.05) is 11.6 Å². The molecule has 1 rings (SSSR count). The van der Waals surface area contributed by atoms with E-state index in [0.29, 0.717) is 0 Å². The molecule has 0 saturated heterocycles. The number of hydrogen-bond donors (Lipinski definition) is 0. The summed E-state index contributed by atoms with van der Waals surface area (Å²) in [7, 11) is 0. The van der Waals surface area contributed by atoms with Crippen LogP contribution in [-0.4, -0.2) is 22.5 Å². The smallest absolute Gasteiger partial charge is 0.367 e. The first-order chi connectivity index (χ1) is 7.54. The lowest BCUT2D eigenvalue weighted by molar-refractivity contribution is -0.390. The fourth-order valence-corrected chi connectivity index (χ4v) is 1.32. The number of halogens is 1. The van der Waals surface area contributed by atoms with Crippen molar-refractivity contribution in [1.82, 2.24) is 4.98 Å². The van der Waals surface area contributed by atoms with E-state index in [9.17, 15) is 14.9 Å². The molecule has 16 heavy (non-hydrogen) atoms. The third-order valence-electron chi connectivity index (χ3n) is 1.72. The topological polar surface area (TPSA) is 82.3 Å². The zero-order chi connectivity index (χ0) is 12.1. The molecule has 0 saturated carbocycles. The predicted octanol–water partition coefficient (Wildman–Crippen LogP) is 1.75. The predicted molar refractivity (Wildman–Crippen MR) is 56.2 cm³/mol. The molecule has 0 amide bonds. The molecule has 0 atom stereocenters. The molecule has 0 bridgehead atoms. The highest BCUT2D eigenvalue weighted by Gasteiger charge is 2.19. The van der Waals surface area contributed by atoms with Crippen molar-refractivity contribution in [2.75, 3.05) is 6.61 Å². The summed E-state index contributed by atoms with van der Waals surface area (Å²) < 4.78 is 4.69. The van der Waals surface area contributed by atoms with Crippen molar-refractivity contribution in [3.05, 3.63) is 33.0 Å². The maximum absolute atomic E-state index is 11.2. The van der Waals surface area contributed by atoms with Crippen molar-refractivity contribution in [3.8, 4) is 0 Å². The molecule has 6 nitrogen and oxygen atoms in total. The molecule has 86 valence electrons. The van der Waals surface area contributed by atoms with E-state index in [2.05, 4.69) is 9.72 Å². The molecule has 0 aliphatic carbocycles. The van der Waals surface area contributed by atoms with Crippen LogP contribution in [0.1, 0.15) is 12.5 Å². The van der Waals surface area contributed by atoms with Crippen LogP contribution in [0.4, 0.5) is 5.82 Å². The lowest BCUT2D eigenvalue weighted by Crippen LogP contribution is -2.09. The minimum atomic E-state index is -0.662. The highest BCUT2D eigenvalue weighted by Crippen LogP contribution is 2.20. The zero-order valence-corrected chi connectivity index (χ0v) is 9.23. The van der Waals surface area contributed by atoms with Crippen molar-refractivity contribution in [1.29, 1.82) is 0 Å². The molecule has 0 radical (unpaired) electrons. The second kappa shape index (κ2) is 5.41. The van der Waals surface area contributed by atoms with E-state index in [1.54, 1.807) is 6.92 Å². The van der Waals surface area contributed by atoms with Crippen LogP contribution in [0.25, 0.3) is 0 Å². The van der Waals surface area contributed by atoms with Gasteiger partial charge in [-0.15, -0.1) is 0 Å². The van der Waals surface area contributed by atoms with Crippen LogP contribution < -0.4 is 0 Å². The van der Waals surface area contributed by atoms with Crippen LogP contribution in [0.5, 0.6) is 0 Å². The molecule has 1 aromatic heterocycles. The second-order valence-electron chi connectivity index (χ2n) is 2.88. The quantitative estimate of drug-likeness (QED) is 0.458. The Balaban J connectivity index is 2.96. The van der Waals surface area contributed by atoms with Gasteiger partial charge < -0.3 is 14.9 Å². The molecule has 0 unspecified atom stereocenters.